The molecule has 2 heterocycles. The molecular weight excluding hydrogens is 290 g/mol. The highest BCUT2D eigenvalue weighted by molar-refractivity contribution is 5.78. The molecule has 0 amide bonds. The number of guanidine groups is 1. The molecule has 0 saturated carbocycles. The molecule has 2 rings (SSSR count). The summed E-state index contributed by atoms with van der Waals surface area (Å²) >= 11 is 0. The minimum atomic E-state index is -2.53. The summed E-state index contributed by atoms with van der Waals surface area (Å²) in [4.78, 5) is 10.4. The largest absolute Gasteiger partial charge is 0.471 e. The van der Waals surface area contributed by atoms with Gasteiger partial charge < -0.3 is 15.4 Å². The summed E-state index contributed by atoms with van der Waals surface area (Å²) in [5.41, 5.74) is 6.69. The summed E-state index contributed by atoms with van der Waals surface area (Å²) in [5, 5.41) is 0. The van der Waals surface area contributed by atoms with Crippen molar-refractivity contribution >= 4 is 5.96 Å². The van der Waals surface area contributed by atoms with E-state index in [9.17, 15) is 8.78 Å². The first-order chi connectivity index (χ1) is 10.7. The van der Waals surface area contributed by atoms with Crippen molar-refractivity contribution in [3.63, 3.8) is 0 Å². The highest BCUT2D eigenvalue weighted by Gasteiger charge is 2.12. The van der Waals surface area contributed by atoms with Gasteiger partial charge in [0.05, 0.1) is 6.54 Å². The average molecular weight is 312 g/mol. The average Bonchev–Trinajstić information content (AvgIpc) is 2.80. The molecule has 1 saturated heterocycles. The molecule has 0 unspecified atom stereocenters. The minimum absolute atomic E-state index is 0.190. The van der Waals surface area contributed by atoms with Gasteiger partial charge in [0.1, 0.15) is 0 Å². The summed E-state index contributed by atoms with van der Waals surface area (Å²) in [6, 6.07) is 3.48. The summed E-state index contributed by atoms with van der Waals surface area (Å²) in [7, 11) is 0. The van der Waals surface area contributed by atoms with Crippen molar-refractivity contribution in [1.82, 2.24) is 9.88 Å². The SMILES string of the molecule is NC(=NCc1cccnc1OCC(F)F)N1CCCCCC1. The third kappa shape index (κ3) is 5.13. The third-order valence-corrected chi connectivity index (χ3v) is 3.54. The maximum Gasteiger partial charge on any atom is 0.272 e. The molecule has 1 aromatic heterocycles. The van der Waals surface area contributed by atoms with E-state index < -0.39 is 13.0 Å². The lowest BCUT2D eigenvalue weighted by Crippen LogP contribution is -2.38. The van der Waals surface area contributed by atoms with Crippen molar-refractivity contribution in [2.45, 2.75) is 38.7 Å². The topological polar surface area (TPSA) is 63.7 Å². The minimum Gasteiger partial charge on any atom is -0.471 e. The lowest BCUT2D eigenvalue weighted by molar-refractivity contribution is 0.0791. The first-order valence-electron chi connectivity index (χ1n) is 7.56. The molecule has 5 nitrogen and oxygen atoms in total. The van der Waals surface area contributed by atoms with Gasteiger partial charge in [0, 0.05) is 24.8 Å². The Morgan fingerprint density at radius 2 is 2.05 bits per heavy atom. The molecule has 0 aliphatic carbocycles. The number of nitrogens with two attached hydrogens (primary N) is 1. The third-order valence-electron chi connectivity index (χ3n) is 3.54. The Bertz CT molecular complexity index is 488. The molecule has 0 bridgehead atoms. The van der Waals surface area contributed by atoms with Crippen LogP contribution in [0.3, 0.4) is 0 Å². The monoisotopic (exact) mass is 312 g/mol. The Morgan fingerprint density at radius 3 is 2.73 bits per heavy atom. The first kappa shape index (κ1) is 16.5. The second kappa shape index (κ2) is 8.51. The molecule has 1 aliphatic rings. The number of rotatable bonds is 5. The number of likely N-dealkylation sites (tertiary alicyclic amines) is 1. The van der Waals surface area contributed by atoms with Crippen molar-refractivity contribution in [3.05, 3.63) is 23.9 Å². The second-order valence-electron chi connectivity index (χ2n) is 5.25. The Hall–Kier alpha value is -1.92. The fourth-order valence-corrected chi connectivity index (χ4v) is 2.38. The molecule has 2 N–H and O–H groups in total. The molecule has 0 aromatic carbocycles. The number of alkyl halides is 2. The van der Waals surface area contributed by atoms with Crippen LogP contribution in [0.15, 0.2) is 23.3 Å². The Balaban J connectivity index is 1.98. The van der Waals surface area contributed by atoms with Crippen LogP contribution in [0.2, 0.25) is 0 Å². The highest BCUT2D eigenvalue weighted by atomic mass is 19.3. The molecule has 0 spiro atoms. The van der Waals surface area contributed by atoms with Crippen LogP contribution in [0.4, 0.5) is 8.78 Å². The lowest BCUT2D eigenvalue weighted by Gasteiger charge is -2.21. The second-order valence-corrected chi connectivity index (χ2v) is 5.25. The number of hydrogen-bond donors (Lipinski definition) is 1. The van der Waals surface area contributed by atoms with Gasteiger partial charge in [0.25, 0.3) is 6.43 Å². The Labute approximate surface area is 129 Å². The predicted octanol–water partition coefficient (Wildman–Crippen LogP) is 2.42. The van der Waals surface area contributed by atoms with Crippen LogP contribution in [0.25, 0.3) is 0 Å². The number of halogens is 2. The Morgan fingerprint density at radius 1 is 1.32 bits per heavy atom. The van der Waals surface area contributed by atoms with E-state index in [2.05, 4.69) is 14.9 Å². The van der Waals surface area contributed by atoms with Crippen LogP contribution in [-0.2, 0) is 6.54 Å². The fourth-order valence-electron chi connectivity index (χ4n) is 2.38. The van der Waals surface area contributed by atoms with Gasteiger partial charge >= 0.3 is 0 Å². The number of nitrogens with zero attached hydrogens (tertiary/aromatic N) is 3. The first-order valence-corrected chi connectivity index (χ1v) is 7.56. The summed E-state index contributed by atoms with van der Waals surface area (Å²) < 4.78 is 29.5. The molecule has 0 radical (unpaired) electrons. The van der Waals surface area contributed by atoms with Crippen LogP contribution in [-0.4, -0.2) is 42.0 Å². The predicted molar refractivity (Wildman–Crippen MR) is 81.1 cm³/mol. The lowest BCUT2D eigenvalue weighted by atomic mass is 10.2. The zero-order valence-electron chi connectivity index (χ0n) is 12.5. The molecule has 1 fully saturated rings. The Kier molecular flexibility index (Phi) is 6.36. The normalized spacial score (nSPS) is 16.7. The van der Waals surface area contributed by atoms with E-state index in [-0.39, 0.29) is 12.4 Å². The molecule has 1 aliphatic heterocycles. The zero-order valence-corrected chi connectivity index (χ0v) is 12.5. The van der Waals surface area contributed by atoms with Crippen molar-refractivity contribution in [2.75, 3.05) is 19.7 Å². The number of pyridine rings is 1. The van der Waals surface area contributed by atoms with Crippen molar-refractivity contribution in [2.24, 2.45) is 10.7 Å². The van der Waals surface area contributed by atoms with E-state index >= 15 is 0 Å². The van der Waals surface area contributed by atoms with Gasteiger partial charge in [0.2, 0.25) is 5.88 Å². The van der Waals surface area contributed by atoms with E-state index in [1.807, 2.05) is 0 Å². The number of aliphatic imine (C=N–C) groups is 1. The maximum atomic E-state index is 12.2. The number of hydrogen-bond acceptors (Lipinski definition) is 3. The van der Waals surface area contributed by atoms with Gasteiger partial charge in [0.15, 0.2) is 12.6 Å². The van der Waals surface area contributed by atoms with Crippen LogP contribution in [0.5, 0.6) is 5.88 Å². The number of ether oxygens (including phenoxy) is 1. The quantitative estimate of drug-likeness (QED) is 0.670. The molecular formula is C15H22F2N4O. The van der Waals surface area contributed by atoms with Crippen LogP contribution >= 0.6 is 0 Å². The smallest absolute Gasteiger partial charge is 0.272 e. The zero-order chi connectivity index (χ0) is 15.8. The van der Waals surface area contributed by atoms with E-state index in [0.717, 1.165) is 25.9 Å². The number of aromatic nitrogens is 1. The van der Waals surface area contributed by atoms with Gasteiger partial charge in [-0.1, -0.05) is 18.9 Å². The van der Waals surface area contributed by atoms with Crippen molar-refractivity contribution in [1.29, 1.82) is 0 Å². The van der Waals surface area contributed by atoms with E-state index in [4.69, 9.17) is 10.5 Å². The van der Waals surface area contributed by atoms with Gasteiger partial charge in [-0.05, 0) is 18.9 Å². The summed E-state index contributed by atoms with van der Waals surface area (Å²) in [5.74, 6) is 0.681. The molecule has 7 heteroatoms. The summed E-state index contributed by atoms with van der Waals surface area (Å²) in [6.07, 6.45) is 3.65. The standard InChI is InChI=1S/C15H22F2N4O/c16-13(17)11-22-14-12(6-5-7-19-14)10-20-15(18)21-8-3-1-2-4-9-21/h5-7,13H,1-4,8-11H2,(H2,18,20). The van der Waals surface area contributed by atoms with Crippen LogP contribution < -0.4 is 10.5 Å². The van der Waals surface area contributed by atoms with E-state index in [1.54, 1.807) is 12.1 Å². The highest BCUT2D eigenvalue weighted by Crippen LogP contribution is 2.16. The van der Waals surface area contributed by atoms with Gasteiger partial charge in [-0.25, -0.2) is 18.8 Å². The van der Waals surface area contributed by atoms with Crippen LogP contribution in [0, 0.1) is 0 Å². The van der Waals surface area contributed by atoms with Gasteiger partial charge in [-0.3, -0.25) is 0 Å². The van der Waals surface area contributed by atoms with E-state index in [1.165, 1.54) is 19.0 Å². The van der Waals surface area contributed by atoms with Crippen molar-refractivity contribution in [3.8, 4) is 5.88 Å². The van der Waals surface area contributed by atoms with Crippen molar-refractivity contribution < 1.29 is 13.5 Å². The molecule has 122 valence electrons. The molecule has 1 aromatic rings. The molecule has 0 atom stereocenters. The maximum absolute atomic E-state index is 12.2. The van der Waals surface area contributed by atoms with Gasteiger partial charge in [-0.2, -0.15) is 0 Å². The van der Waals surface area contributed by atoms with Gasteiger partial charge in [-0.15, -0.1) is 0 Å². The van der Waals surface area contributed by atoms with Crippen LogP contribution in [0.1, 0.15) is 31.2 Å². The summed E-state index contributed by atoms with van der Waals surface area (Å²) in [6.45, 7) is 1.43. The van der Waals surface area contributed by atoms with E-state index in [0.29, 0.717) is 11.5 Å². The fraction of sp³-hybridized carbons (Fsp3) is 0.600. The molecule has 22 heavy (non-hydrogen) atoms.